The van der Waals surface area contributed by atoms with Crippen molar-refractivity contribution in [3.05, 3.63) is 11.7 Å². The molecule has 0 saturated carbocycles. The number of aromatic nitrogens is 2. The van der Waals surface area contributed by atoms with Gasteiger partial charge in [0.15, 0.2) is 5.82 Å². The van der Waals surface area contributed by atoms with Gasteiger partial charge in [-0.05, 0) is 38.0 Å². The Morgan fingerprint density at radius 3 is 3.00 bits per heavy atom. The highest BCUT2D eigenvalue weighted by molar-refractivity contribution is 7.99. The molecule has 1 aromatic heterocycles. The number of hydrogen-bond acceptors (Lipinski definition) is 5. The summed E-state index contributed by atoms with van der Waals surface area (Å²) in [5.41, 5.74) is 0. The molecule has 0 radical (unpaired) electrons. The van der Waals surface area contributed by atoms with Gasteiger partial charge in [-0.2, -0.15) is 4.98 Å². The van der Waals surface area contributed by atoms with Crippen molar-refractivity contribution in [3.8, 4) is 0 Å². The maximum absolute atomic E-state index is 5.45. The molecular weight excluding hydrogens is 234 g/mol. The third-order valence-corrected chi connectivity index (χ3v) is 4.94. The van der Waals surface area contributed by atoms with E-state index in [2.05, 4.69) is 15.5 Å². The van der Waals surface area contributed by atoms with Crippen LogP contribution in [0.1, 0.15) is 55.0 Å². The van der Waals surface area contributed by atoms with Gasteiger partial charge in [0.2, 0.25) is 5.89 Å². The van der Waals surface area contributed by atoms with Crippen LogP contribution >= 0.6 is 11.8 Å². The fourth-order valence-corrected chi connectivity index (χ4v) is 3.78. The molecule has 17 heavy (non-hydrogen) atoms. The van der Waals surface area contributed by atoms with E-state index in [0.29, 0.717) is 11.2 Å². The zero-order chi connectivity index (χ0) is 11.5. The number of nitrogens with zero attached hydrogens (tertiary/aromatic N) is 2. The van der Waals surface area contributed by atoms with Gasteiger partial charge in [-0.3, -0.25) is 0 Å². The largest absolute Gasteiger partial charge is 0.338 e. The maximum atomic E-state index is 5.45. The summed E-state index contributed by atoms with van der Waals surface area (Å²) in [6.45, 7) is 2.12. The Morgan fingerprint density at radius 2 is 2.24 bits per heavy atom. The summed E-state index contributed by atoms with van der Waals surface area (Å²) in [5.74, 6) is 3.45. The lowest BCUT2D eigenvalue weighted by Crippen LogP contribution is -2.28. The molecule has 94 valence electrons. The van der Waals surface area contributed by atoms with E-state index in [1.165, 1.54) is 37.9 Å². The van der Waals surface area contributed by atoms with E-state index >= 15 is 0 Å². The van der Waals surface area contributed by atoms with Crippen LogP contribution in [0, 0.1) is 0 Å². The SMILES string of the molecule is C1CCC(c2nc(C3CCCNC3)no2)SC1. The Labute approximate surface area is 106 Å². The molecule has 2 unspecified atom stereocenters. The molecule has 4 nitrogen and oxygen atoms in total. The summed E-state index contributed by atoms with van der Waals surface area (Å²) in [5, 5.41) is 8.02. The van der Waals surface area contributed by atoms with Crippen molar-refractivity contribution in [1.29, 1.82) is 0 Å². The van der Waals surface area contributed by atoms with Gasteiger partial charge in [0, 0.05) is 12.5 Å². The van der Waals surface area contributed by atoms with Gasteiger partial charge in [0.05, 0.1) is 5.25 Å². The fourth-order valence-electron chi connectivity index (χ4n) is 2.55. The highest BCUT2D eigenvalue weighted by Gasteiger charge is 2.25. The minimum Gasteiger partial charge on any atom is -0.338 e. The first-order valence-electron chi connectivity index (χ1n) is 6.59. The normalized spacial score (nSPS) is 30.4. The van der Waals surface area contributed by atoms with Gasteiger partial charge < -0.3 is 9.84 Å². The molecule has 5 heteroatoms. The van der Waals surface area contributed by atoms with E-state index in [9.17, 15) is 0 Å². The van der Waals surface area contributed by atoms with E-state index in [4.69, 9.17) is 4.52 Å². The molecule has 1 N–H and O–H groups in total. The lowest BCUT2D eigenvalue weighted by atomic mass is 9.99. The van der Waals surface area contributed by atoms with E-state index in [1.807, 2.05) is 11.8 Å². The minimum atomic E-state index is 0.446. The quantitative estimate of drug-likeness (QED) is 0.877. The number of thioether (sulfide) groups is 1. The number of nitrogens with one attached hydrogen (secondary N) is 1. The molecule has 2 aliphatic rings. The smallest absolute Gasteiger partial charge is 0.239 e. The molecule has 0 bridgehead atoms. The summed E-state index contributed by atoms with van der Waals surface area (Å²) in [4.78, 5) is 4.62. The molecule has 2 aliphatic heterocycles. The standard InChI is InChI=1S/C12H19N3OS/c1-2-7-17-10(5-1)12-14-11(15-16-12)9-4-3-6-13-8-9/h9-10,13H,1-8H2. The Morgan fingerprint density at radius 1 is 1.24 bits per heavy atom. The van der Waals surface area contributed by atoms with Crippen molar-refractivity contribution in [2.24, 2.45) is 0 Å². The topological polar surface area (TPSA) is 51.0 Å². The molecule has 0 aliphatic carbocycles. The van der Waals surface area contributed by atoms with Crippen LogP contribution in [-0.2, 0) is 0 Å². The second-order valence-corrected chi connectivity index (χ2v) is 6.20. The van der Waals surface area contributed by atoms with E-state index < -0.39 is 0 Å². The molecule has 2 saturated heterocycles. The molecule has 2 atom stereocenters. The van der Waals surface area contributed by atoms with Crippen molar-refractivity contribution in [2.75, 3.05) is 18.8 Å². The molecule has 3 rings (SSSR count). The van der Waals surface area contributed by atoms with Crippen LogP contribution in [0.25, 0.3) is 0 Å². The van der Waals surface area contributed by atoms with Crippen LogP contribution in [0.3, 0.4) is 0 Å². The molecule has 0 spiro atoms. The fraction of sp³-hybridized carbons (Fsp3) is 0.833. The number of hydrogen-bond donors (Lipinski definition) is 1. The minimum absolute atomic E-state index is 0.446. The summed E-state index contributed by atoms with van der Waals surface area (Å²) in [7, 11) is 0. The molecule has 1 aromatic rings. The van der Waals surface area contributed by atoms with Crippen LogP contribution in [0.15, 0.2) is 4.52 Å². The number of piperidine rings is 1. The summed E-state index contributed by atoms with van der Waals surface area (Å²) < 4.78 is 5.45. The van der Waals surface area contributed by atoms with Crippen LogP contribution < -0.4 is 5.32 Å². The van der Waals surface area contributed by atoms with E-state index in [-0.39, 0.29) is 0 Å². The highest BCUT2D eigenvalue weighted by Crippen LogP contribution is 2.37. The Kier molecular flexibility index (Phi) is 3.66. The van der Waals surface area contributed by atoms with Crippen molar-refractivity contribution >= 4 is 11.8 Å². The third-order valence-electron chi connectivity index (χ3n) is 3.57. The maximum Gasteiger partial charge on any atom is 0.239 e. The van der Waals surface area contributed by atoms with Crippen LogP contribution in [-0.4, -0.2) is 29.0 Å². The zero-order valence-electron chi connectivity index (χ0n) is 10.0. The van der Waals surface area contributed by atoms with Crippen molar-refractivity contribution in [1.82, 2.24) is 15.5 Å². The van der Waals surface area contributed by atoms with Crippen LogP contribution in [0.4, 0.5) is 0 Å². The van der Waals surface area contributed by atoms with Crippen LogP contribution in [0.5, 0.6) is 0 Å². The second kappa shape index (κ2) is 5.40. The van der Waals surface area contributed by atoms with Crippen molar-refractivity contribution in [3.63, 3.8) is 0 Å². The molecule has 0 aromatic carbocycles. The zero-order valence-corrected chi connectivity index (χ0v) is 10.8. The van der Waals surface area contributed by atoms with Crippen molar-refractivity contribution < 1.29 is 4.52 Å². The monoisotopic (exact) mass is 253 g/mol. The molecule has 0 amide bonds. The molecular formula is C12H19N3OS. The molecule has 2 fully saturated rings. The van der Waals surface area contributed by atoms with Crippen molar-refractivity contribution in [2.45, 2.75) is 43.3 Å². The Bertz CT molecular complexity index is 324. The Hall–Kier alpha value is -0.550. The Balaban J connectivity index is 1.68. The predicted molar refractivity (Wildman–Crippen MR) is 68.2 cm³/mol. The van der Waals surface area contributed by atoms with Gasteiger partial charge in [-0.25, -0.2) is 0 Å². The average molecular weight is 253 g/mol. The van der Waals surface area contributed by atoms with Gasteiger partial charge in [0.25, 0.3) is 0 Å². The van der Waals surface area contributed by atoms with E-state index in [1.54, 1.807) is 0 Å². The second-order valence-electron chi connectivity index (χ2n) is 4.89. The van der Waals surface area contributed by atoms with Gasteiger partial charge >= 0.3 is 0 Å². The first-order chi connectivity index (χ1) is 8.43. The lowest BCUT2D eigenvalue weighted by molar-refractivity contribution is 0.355. The van der Waals surface area contributed by atoms with Crippen LogP contribution in [0.2, 0.25) is 0 Å². The highest BCUT2D eigenvalue weighted by atomic mass is 32.2. The first-order valence-corrected chi connectivity index (χ1v) is 7.64. The van der Waals surface area contributed by atoms with E-state index in [0.717, 1.165) is 24.8 Å². The molecule has 3 heterocycles. The van der Waals surface area contributed by atoms with Gasteiger partial charge in [-0.1, -0.05) is 11.6 Å². The summed E-state index contributed by atoms with van der Waals surface area (Å²) >= 11 is 1.96. The third kappa shape index (κ3) is 2.65. The summed E-state index contributed by atoms with van der Waals surface area (Å²) in [6.07, 6.45) is 6.21. The average Bonchev–Trinajstić information content (AvgIpc) is 2.90. The lowest BCUT2D eigenvalue weighted by Gasteiger charge is -2.19. The predicted octanol–water partition coefficient (Wildman–Crippen LogP) is 2.49. The number of rotatable bonds is 2. The first kappa shape index (κ1) is 11.5. The summed E-state index contributed by atoms with van der Waals surface area (Å²) in [6, 6.07) is 0. The van der Waals surface area contributed by atoms with Gasteiger partial charge in [0.1, 0.15) is 0 Å². The van der Waals surface area contributed by atoms with Gasteiger partial charge in [-0.15, -0.1) is 11.8 Å².